The van der Waals surface area contributed by atoms with Crippen LogP contribution in [0.1, 0.15) is 30.4 Å². The Bertz CT molecular complexity index is 394. The predicted octanol–water partition coefficient (Wildman–Crippen LogP) is 1.92. The Morgan fingerprint density at radius 2 is 2.31 bits per heavy atom. The van der Waals surface area contributed by atoms with Gasteiger partial charge in [0.25, 0.3) is 0 Å². The molecule has 2 nitrogen and oxygen atoms in total. The van der Waals surface area contributed by atoms with Crippen molar-refractivity contribution < 1.29 is 9.50 Å². The Kier molecular flexibility index (Phi) is 3.00. The van der Waals surface area contributed by atoms with Gasteiger partial charge in [-0.15, -0.1) is 0 Å². The third-order valence-corrected chi connectivity index (χ3v) is 3.45. The summed E-state index contributed by atoms with van der Waals surface area (Å²) in [6, 6.07) is 4.79. The van der Waals surface area contributed by atoms with Crippen molar-refractivity contribution in [3.8, 4) is 0 Å². The minimum atomic E-state index is -0.738. The van der Waals surface area contributed by atoms with Gasteiger partial charge in [0.15, 0.2) is 0 Å². The van der Waals surface area contributed by atoms with Gasteiger partial charge in [0.05, 0.1) is 5.60 Å². The molecule has 1 aliphatic rings. The van der Waals surface area contributed by atoms with Crippen LogP contribution in [0.4, 0.5) is 4.39 Å². The lowest BCUT2D eigenvalue weighted by Crippen LogP contribution is -2.30. The van der Waals surface area contributed by atoms with Crippen LogP contribution >= 0.6 is 0 Å². The van der Waals surface area contributed by atoms with Crippen LogP contribution in [-0.2, 0) is 6.42 Å². The summed E-state index contributed by atoms with van der Waals surface area (Å²) in [5.74, 6) is -0.244. The Balaban J connectivity index is 2.17. The van der Waals surface area contributed by atoms with Gasteiger partial charge < -0.3 is 10.8 Å². The minimum Gasteiger partial charge on any atom is -0.389 e. The molecule has 1 aromatic rings. The zero-order chi connectivity index (χ0) is 11.8. The molecule has 3 heteroatoms. The fourth-order valence-corrected chi connectivity index (χ4v) is 2.49. The lowest BCUT2D eigenvalue weighted by Gasteiger charge is -2.23. The minimum absolute atomic E-state index is 0.0823. The SMILES string of the molecule is Cc1ccc(F)cc1CC1(O)CCC(N)C1. The molecule has 1 aliphatic carbocycles. The topological polar surface area (TPSA) is 46.2 Å². The quantitative estimate of drug-likeness (QED) is 0.804. The van der Waals surface area contributed by atoms with Crippen molar-refractivity contribution in [2.24, 2.45) is 5.73 Å². The van der Waals surface area contributed by atoms with Crippen LogP contribution < -0.4 is 5.73 Å². The lowest BCUT2D eigenvalue weighted by molar-refractivity contribution is 0.0466. The predicted molar refractivity (Wildman–Crippen MR) is 61.6 cm³/mol. The highest BCUT2D eigenvalue weighted by atomic mass is 19.1. The van der Waals surface area contributed by atoms with Gasteiger partial charge in [-0.3, -0.25) is 0 Å². The monoisotopic (exact) mass is 223 g/mol. The van der Waals surface area contributed by atoms with Crippen molar-refractivity contribution in [3.05, 3.63) is 35.1 Å². The molecule has 88 valence electrons. The van der Waals surface area contributed by atoms with E-state index in [1.54, 1.807) is 6.07 Å². The molecule has 1 fully saturated rings. The fourth-order valence-electron chi connectivity index (χ4n) is 2.49. The molecule has 0 heterocycles. The molecule has 0 aromatic heterocycles. The van der Waals surface area contributed by atoms with Gasteiger partial charge in [-0.25, -0.2) is 4.39 Å². The standard InChI is InChI=1S/C13H18FNO/c1-9-2-3-11(14)6-10(9)7-13(16)5-4-12(15)8-13/h2-3,6,12,16H,4-5,7-8,15H2,1H3. The first kappa shape index (κ1) is 11.6. The summed E-state index contributed by atoms with van der Waals surface area (Å²) in [5.41, 5.74) is 6.97. The third kappa shape index (κ3) is 2.42. The van der Waals surface area contributed by atoms with Gasteiger partial charge >= 0.3 is 0 Å². The number of benzene rings is 1. The highest BCUT2D eigenvalue weighted by molar-refractivity contribution is 5.28. The van der Waals surface area contributed by atoms with Crippen molar-refractivity contribution in [3.63, 3.8) is 0 Å². The number of hydrogen-bond donors (Lipinski definition) is 2. The van der Waals surface area contributed by atoms with E-state index in [4.69, 9.17) is 5.73 Å². The molecule has 3 N–H and O–H groups in total. The zero-order valence-electron chi connectivity index (χ0n) is 9.54. The van der Waals surface area contributed by atoms with E-state index in [9.17, 15) is 9.50 Å². The summed E-state index contributed by atoms with van der Waals surface area (Å²) in [6.07, 6.45) is 2.68. The molecule has 0 saturated heterocycles. The van der Waals surface area contributed by atoms with Gasteiger partial charge in [0.2, 0.25) is 0 Å². The molecule has 2 atom stereocenters. The maximum Gasteiger partial charge on any atom is 0.123 e. The summed E-state index contributed by atoms with van der Waals surface area (Å²) < 4.78 is 13.1. The van der Waals surface area contributed by atoms with Crippen LogP contribution in [0.2, 0.25) is 0 Å². The van der Waals surface area contributed by atoms with E-state index < -0.39 is 5.60 Å². The second-order valence-corrected chi connectivity index (χ2v) is 4.97. The molecular weight excluding hydrogens is 205 g/mol. The first-order valence-corrected chi connectivity index (χ1v) is 5.71. The molecule has 1 aromatic carbocycles. The number of aliphatic hydroxyl groups is 1. The van der Waals surface area contributed by atoms with E-state index in [1.807, 2.05) is 6.92 Å². The van der Waals surface area contributed by atoms with E-state index in [0.717, 1.165) is 17.5 Å². The lowest BCUT2D eigenvalue weighted by atomic mass is 9.90. The van der Waals surface area contributed by atoms with E-state index >= 15 is 0 Å². The maximum absolute atomic E-state index is 13.1. The Morgan fingerprint density at radius 1 is 1.56 bits per heavy atom. The molecule has 2 rings (SSSR count). The first-order valence-electron chi connectivity index (χ1n) is 5.71. The van der Waals surface area contributed by atoms with Crippen LogP contribution in [0.5, 0.6) is 0 Å². The van der Waals surface area contributed by atoms with Crippen molar-refractivity contribution in [2.45, 2.75) is 44.2 Å². The second kappa shape index (κ2) is 4.15. The number of halogens is 1. The average Bonchev–Trinajstić information content (AvgIpc) is 2.52. The summed E-state index contributed by atoms with van der Waals surface area (Å²) >= 11 is 0. The molecule has 0 bridgehead atoms. The fraction of sp³-hybridized carbons (Fsp3) is 0.538. The summed E-state index contributed by atoms with van der Waals surface area (Å²) in [6.45, 7) is 1.94. The van der Waals surface area contributed by atoms with Gasteiger partial charge in [-0.1, -0.05) is 6.07 Å². The normalized spacial score (nSPS) is 29.6. The zero-order valence-corrected chi connectivity index (χ0v) is 9.54. The Labute approximate surface area is 95.3 Å². The number of rotatable bonds is 2. The third-order valence-electron chi connectivity index (χ3n) is 3.45. The van der Waals surface area contributed by atoms with Gasteiger partial charge in [-0.2, -0.15) is 0 Å². The summed E-state index contributed by atoms with van der Waals surface area (Å²) in [7, 11) is 0. The van der Waals surface area contributed by atoms with Crippen LogP contribution in [-0.4, -0.2) is 16.7 Å². The Hall–Kier alpha value is -0.930. The molecular formula is C13H18FNO. The van der Waals surface area contributed by atoms with Gasteiger partial charge in [0, 0.05) is 12.5 Å². The second-order valence-electron chi connectivity index (χ2n) is 4.97. The van der Waals surface area contributed by atoms with Crippen LogP contribution in [0.25, 0.3) is 0 Å². The van der Waals surface area contributed by atoms with Crippen LogP contribution in [0, 0.1) is 12.7 Å². The van der Waals surface area contributed by atoms with Crippen molar-refractivity contribution in [1.29, 1.82) is 0 Å². The summed E-state index contributed by atoms with van der Waals surface area (Å²) in [4.78, 5) is 0. The highest BCUT2D eigenvalue weighted by Crippen LogP contribution is 2.32. The van der Waals surface area contributed by atoms with E-state index in [2.05, 4.69) is 0 Å². The molecule has 0 radical (unpaired) electrons. The largest absolute Gasteiger partial charge is 0.389 e. The Morgan fingerprint density at radius 3 is 2.94 bits per heavy atom. The van der Waals surface area contributed by atoms with Crippen molar-refractivity contribution in [2.75, 3.05) is 0 Å². The molecule has 0 amide bonds. The first-order chi connectivity index (χ1) is 7.48. The number of nitrogens with two attached hydrogens (primary N) is 1. The van der Waals surface area contributed by atoms with E-state index in [-0.39, 0.29) is 11.9 Å². The number of hydrogen-bond acceptors (Lipinski definition) is 2. The highest BCUT2D eigenvalue weighted by Gasteiger charge is 2.35. The molecule has 2 unspecified atom stereocenters. The van der Waals surface area contributed by atoms with E-state index in [1.165, 1.54) is 12.1 Å². The van der Waals surface area contributed by atoms with Crippen molar-refractivity contribution >= 4 is 0 Å². The van der Waals surface area contributed by atoms with Gasteiger partial charge in [-0.05, 0) is 49.4 Å². The van der Waals surface area contributed by atoms with Crippen LogP contribution in [0.3, 0.4) is 0 Å². The summed E-state index contributed by atoms with van der Waals surface area (Å²) in [5, 5.41) is 10.3. The average molecular weight is 223 g/mol. The smallest absolute Gasteiger partial charge is 0.123 e. The molecule has 1 saturated carbocycles. The molecule has 16 heavy (non-hydrogen) atoms. The molecule has 0 spiro atoms. The van der Waals surface area contributed by atoms with Crippen molar-refractivity contribution in [1.82, 2.24) is 0 Å². The maximum atomic E-state index is 13.1. The molecule has 0 aliphatic heterocycles. The van der Waals surface area contributed by atoms with Crippen LogP contribution in [0.15, 0.2) is 18.2 Å². The number of aryl methyl sites for hydroxylation is 1. The van der Waals surface area contributed by atoms with E-state index in [0.29, 0.717) is 19.3 Å². The van der Waals surface area contributed by atoms with Gasteiger partial charge in [0.1, 0.15) is 5.82 Å².